The van der Waals surface area contributed by atoms with Crippen molar-refractivity contribution in [3.63, 3.8) is 0 Å². The number of amides is 1. The average Bonchev–Trinajstić information content (AvgIpc) is 3.21. The Bertz CT molecular complexity index is 1010. The van der Waals surface area contributed by atoms with Crippen molar-refractivity contribution in [1.82, 2.24) is 14.5 Å². The molecule has 0 radical (unpaired) electrons. The van der Waals surface area contributed by atoms with Crippen LogP contribution in [-0.4, -0.2) is 40.6 Å². The van der Waals surface area contributed by atoms with Gasteiger partial charge in [-0.05, 0) is 49.9 Å². The molecule has 5 heteroatoms. The minimum Gasteiger partial charge on any atom is -0.497 e. The number of ether oxygens (including phenoxy) is 1. The third kappa shape index (κ3) is 5.16. The SMILES string of the molecule is COc1ccc(Cn2ccnc2C2CCN(C(=O)Cc3cc(C)cc(C)c3)CC2)cc1. The van der Waals surface area contributed by atoms with E-state index in [9.17, 15) is 4.79 Å². The lowest BCUT2D eigenvalue weighted by Gasteiger charge is -2.32. The van der Waals surface area contributed by atoms with Gasteiger partial charge in [0.15, 0.2) is 0 Å². The van der Waals surface area contributed by atoms with E-state index in [-0.39, 0.29) is 5.91 Å². The van der Waals surface area contributed by atoms with E-state index in [4.69, 9.17) is 4.74 Å². The quantitative estimate of drug-likeness (QED) is 0.593. The highest BCUT2D eigenvalue weighted by Crippen LogP contribution is 2.28. The molecule has 162 valence electrons. The van der Waals surface area contributed by atoms with E-state index in [1.807, 2.05) is 23.2 Å². The summed E-state index contributed by atoms with van der Waals surface area (Å²) in [4.78, 5) is 19.5. The number of carbonyl (C=O) groups excluding carboxylic acids is 1. The van der Waals surface area contributed by atoms with Gasteiger partial charge in [0.25, 0.3) is 0 Å². The van der Waals surface area contributed by atoms with Gasteiger partial charge in [-0.3, -0.25) is 4.79 Å². The zero-order valence-electron chi connectivity index (χ0n) is 18.7. The lowest BCUT2D eigenvalue weighted by molar-refractivity contribution is -0.131. The summed E-state index contributed by atoms with van der Waals surface area (Å²) in [6.45, 7) is 6.56. The van der Waals surface area contributed by atoms with Crippen molar-refractivity contribution < 1.29 is 9.53 Å². The number of benzene rings is 2. The van der Waals surface area contributed by atoms with Gasteiger partial charge in [-0.25, -0.2) is 4.98 Å². The third-order valence-corrected chi connectivity index (χ3v) is 6.11. The molecule has 31 heavy (non-hydrogen) atoms. The highest BCUT2D eigenvalue weighted by Gasteiger charge is 2.26. The van der Waals surface area contributed by atoms with Crippen molar-refractivity contribution in [2.24, 2.45) is 0 Å². The molecule has 1 aliphatic heterocycles. The van der Waals surface area contributed by atoms with Gasteiger partial charge in [-0.2, -0.15) is 0 Å². The summed E-state index contributed by atoms with van der Waals surface area (Å²) in [5.41, 5.74) is 4.76. The molecule has 2 aromatic carbocycles. The van der Waals surface area contributed by atoms with Crippen molar-refractivity contribution in [2.45, 2.75) is 45.6 Å². The summed E-state index contributed by atoms with van der Waals surface area (Å²) in [5, 5.41) is 0. The highest BCUT2D eigenvalue weighted by atomic mass is 16.5. The number of nitrogens with zero attached hydrogens (tertiary/aromatic N) is 3. The number of likely N-dealkylation sites (tertiary alicyclic amines) is 1. The summed E-state index contributed by atoms with van der Waals surface area (Å²) >= 11 is 0. The summed E-state index contributed by atoms with van der Waals surface area (Å²) in [6, 6.07) is 14.6. The monoisotopic (exact) mass is 417 g/mol. The van der Waals surface area contributed by atoms with Crippen molar-refractivity contribution >= 4 is 5.91 Å². The average molecular weight is 418 g/mol. The van der Waals surface area contributed by atoms with Gasteiger partial charge in [-0.15, -0.1) is 0 Å². The Labute approximate surface area is 184 Å². The topological polar surface area (TPSA) is 47.4 Å². The fourth-order valence-electron chi connectivity index (χ4n) is 4.59. The van der Waals surface area contributed by atoms with E-state index in [1.165, 1.54) is 16.7 Å². The number of carbonyl (C=O) groups is 1. The van der Waals surface area contributed by atoms with Crippen LogP contribution >= 0.6 is 0 Å². The van der Waals surface area contributed by atoms with Crippen LogP contribution in [-0.2, 0) is 17.8 Å². The Morgan fingerprint density at radius 1 is 1.03 bits per heavy atom. The number of hydrogen-bond donors (Lipinski definition) is 0. The van der Waals surface area contributed by atoms with Crippen molar-refractivity contribution in [3.05, 3.63) is 82.9 Å². The molecule has 0 saturated carbocycles. The van der Waals surface area contributed by atoms with Crippen LogP contribution in [0, 0.1) is 13.8 Å². The van der Waals surface area contributed by atoms with E-state index in [0.717, 1.165) is 49.6 Å². The van der Waals surface area contributed by atoms with Crippen LogP contribution in [0.1, 0.15) is 46.8 Å². The molecule has 0 atom stereocenters. The van der Waals surface area contributed by atoms with Gasteiger partial charge >= 0.3 is 0 Å². The van der Waals surface area contributed by atoms with Gasteiger partial charge in [0.2, 0.25) is 5.91 Å². The van der Waals surface area contributed by atoms with E-state index >= 15 is 0 Å². The molecule has 1 aromatic heterocycles. The fourth-order valence-corrected chi connectivity index (χ4v) is 4.59. The molecule has 5 nitrogen and oxygen atoms in total. The summed E-state index contributed by atoms with van der Waals surface area (Å²) < 4.78 is 7.49. The van der Waals surface area contributed by atoms with Crippen molar-refractivity contribution in [2.75, 3.05) is 20.2 Å². The predicted octanol–water partition coefficient (Wildman–Crippen LogP) is 4.51. The van der Waals surface area contributed by atoms with E-state index in [2.05, 4.69) is 59.9 Å². The number of hydrogen-bond acceptors (Lipinski definition) is 3. The molecule has 0 aliphatic carbocycles. The lowest BCUT2D eigenvalue weighted by Crippen LogP contribution is -2.39. The van der Waals surface area contributed by atoms with Gasteiger partial charge in [0.1, 0.15) is 11.6 Å². The van der Waals surface area contributed by atoms with Gasteiger partial charge < -0.3 is 14.2 Å². The fraction of sp³-hybridized carbons (Fsp3) is 0.385. The second-order valence-electron chi connectivity index (χ2n) is 8.59. The second kappa shape index (κ2) is 9.38. The number of methoxy groups -OCH3 is 1. The number of aromatic nitrogens is 2. The Hall–Kier alpha value is -3.08. The maximum atomic E-state index is 12.8. The number of rotatable bonds is 6. The molecule has 1 amide bonds. The minimum absolute atomic E-state index is 0.227. The molecule has 1 fully saturated rings. The van der Waals surface area contributed by atoms with Crippen molar-refractivity contribution in [1.29, 1.82) is 0 Å². The number of piperidine rings is 1. The van der Waals surface area contributed by atoms with Crippen LogP contribution in [0.15, 0.2) is 54.9 Å². The van der Waals surface area contributed by atoms with Gasteiger partial charge in [0.05, 0.1) is 13.5 Å². The normalized spacial score (nSPS) is 14.6. The predicted molar refractivity (Wildman–Crippen MR) is 122 cm³/mol. The zero-order valence-corrected chi connectivity index (χ0v) is 18.7. The van der Waals surface area contributed by atoms with E-state index < -0.39 is 0 Å². The molecular weight excluding hydrogens is 386 g/mol. The zero-order chi connectivity index (χ0) is 21.8. The first-order chi connectivity index (χ1) is 15.0. The maximum Gasteiger partial charge on any atom is 0.226 e. The highest BCUT2D eigenvalue weighted by molar-refractivity contribution is 5.79. The van der Waals surface area contributed by atoms with Crippen LogP contribution in [0.4, 0.5) is 0 Å². The molecule has 0 bridgehead atoms. The first kappa shape index (κ1) is 21.2. The maximum absolute atomic E-state index is 12.8. The van der Waals surface area contributed by atoms with Crippen LogP contribution in [0.25, 0.3) is 0 Å². The first-order valence-electron chi connectivity index (χ1n) is 11.0. The van der Waals surface area contributed by atoms with Crippen LogP contribution in [0.2, 0.25) is 0 Å². The van der Waals surface area contributed by atoms with Gasteiger partial charge in [-0.1, -0.05) is 41.5 Å². The molecule has 1 saturated heterocycles. The molecule has 0 unspecified atom stereocenters. The minimum atomic E-state index is 0.227. The molecule has 3 aromatic rings. The van der Waals surface area contributed by atoms with Crippen LogP contribution < -0.4 is 4.74 Å². The first-order valence-corrected chi connectivity index (χ1v) is 11.0. The van der Waals surface area contributed by atoms with Crippen molar-refractivity contribution in [3.8, 4) is 5.75 Å². The van der Waals surface area contributed by atoms with Gasteiger partial charge in [0, 0.05) is 37.9 Å². The van der Waals surface area contributed by atoms with Crippen LogP contribution in [0.5, 0.6) is 5.75 Å². The molecule has 0 N–H and O–H groups in total. The molecule has 0 spiro atoms. The Morgan fingerprint density at radius 2 is 1.71 bits per heavy atom. The number of aryl methyl sites for hydroxylation is 2. The molecule has 2 heterocycles. The second-order valence-corrected chi connectivity index (χ2v) is 8.59. The molecule has 1 aliphatic rings. The summed E-state index contributed by atoms with van der Waals surface area (Å²) in [7, 11) is 1.68. The number of imidazole rings is 1. The Kier molecular flexibility index (Phi) is 6.40. The van der Waals surface area contributed by atoms with Crippen LogP contribution in [0.3, 0.4) is 0 Å². The largest absolute Gasteiger partial charge is 0.497 e. The molecule has 4 rings (SSSR count). The Balaban J connectivity index is 1.35. The standard InChI is InChI=1S/C26H31N3O2/c1-19-14-20(2)16-22(15-19)17-25(30)28-11-8-23(9-12-28)26-27-10-13-29(26)18-21-4-6-24(31-3)7-5-21/h4-7,10,13-16,23H,8-9,11-12,17-18H2,1-3H3. The van der Waals surface area contributed by atoms with E-state index in [1.54, 1.807) is 7.11 Å². The van der Waals surface area contributed by atoms with E-state index in [0.29, 0.717) is 12.3 Å². The lowest BCUT2D eigenvalue weighted by atomic mass is 9.95. The summed E-state index contributed by atoms with van der Waals surface area (Å²) in [5.74, 6) is 2.60. The Morgan fingerprint density at radius 3 is 2.35 bits per heavy atom. The summed E-state index contributed by atoms with van der Waals surface area (Å²) in [6.07, 6.45) is 6.34. The smallest absolute Gasteiger partial charge is 0.226 e. The third-order valence-electron chi connectivity index (χ3n) is 6.11. The molecular formula is C26H31N3O2.